The number of benzene rings is 1. The minimum absolute atomic E-state index is 0.0138. The molecular weight excluding hydrogens is 272 g/mol. The lowest BCUT2D eigenvalue weighted by Gasteiger charge is -2.19. The summed E-state index contributed by atoms with van der Waals surface area (Å²) < 4.78 is 21.6. The van der Waals surface area contributed by atoms with Crippen LogP contribution in [0.2, 0.25) is 0 Å². The molecule has 2 heterocycles. The second-order valence-electron chi connectivity index (χ2n) is 4.81. The molecule has 0 amide bonds. The van der Waals surface area contributed by atoms with Crippen molar-refractivity contribution in [2.75, 3.05) is 19.8 Å². The van der Waals surface area contributed by atoms with Crippen LogP contribution in [0.1, 0.15) is 37.0 Å². The zero-order valence-electron chi connectivity index (χ0n) is 12.2. The minimum atomic E-state index is 0.0138. The van der Waals surface area contributed by atoms with Gasteiger partial charge in [0.1, 0.15) is 19.8 Å². The third kappa shape index (κ3) is 3.00. The second kappa shape index (κ2) is 6.13. The van der Waals surface area contributed by atoms with Gasteiger partial charge in [-0.05, 0) is 24.6 Å². The van der Waals surface area contributed by atoms with Crippen LogP contribution in [-0.2, 0) is 11.3 Å². The molecule has 1 aromatic heterocycles. The maximum absolute atomic E-state index is 5.60. The maximum atomic E-state index is 5.60. The highest BCUT2D eigenvalue weighted by Crippen LogP contribution is 2.34. The van der Waals surface area contributed by atoms with Crippen LogP contribution >= 0.6 is 0 Å². The SMILES string of the molecule is CCOCc1nc(C(C)c2ccc3c(c2)OCCO3)no1. The summed E-state index contributed by atoms with van der Waals surface area (Å²) in [6.45, 7) is 6.08. The summed E-state index contributed by atoms with van der Waals surface area (Å²) in [4.78, 5) is 4.36. The zero-order valence-corrected chi connectivity index (χ0v) is 12.2. The van der Waals surface area contributed by atoms with Crippen molar-refractivity contribution in [1.82, 2.24) is 10.1 Å². The van der Waals surface area contributed by atoms with Crippen LogP contribution in [0, 0.1) is 0 Å². The molecule has 112 valence electrons. The minimum Gasteiger partial charge on any atom is -0.486 e. The average molecular weight is 290 g/mol. The third-order valence-electron chi connectivity index (χ3n) is 3.37. The quantitative estimate of drug-likeness (QED) is 0.843. The predicted molar refractivity (Wildman–Crippen MR) is 74.6 cm³/mol. The van der Waals surface area contributed by atoms with Crippen molar-refractivity contribution >= 4 is 0 Å². The van der Waals surface area contributed by atoms with Gasteiger partial charge in [-0.3, -0.25) is 0 Å². The Labute approximate surface area is 123 Å². The molecule has 0 fully saturated rings. The van der Waals surface area contributed by atoms with Crippen LogP contribution in [0.3, 0.4) is 0 Å². The molecule has 1 atom stereocenters. The molecule has 3 rings (SSSR count). The van der Waals surface area contributed by atoms with E-state index in [1.165, 1.54) is 0 Å². The van der Waals surface area contributed by atoms with Crippen LogP contribution in [0.4, 0.5) is 0 Å². The summed E-state index contributed by atoms with van der Waals surface area (Å²) in [6, 6.07) is 5.88. The second-order valence-corrected chi connectivity index (χ2v) is 4.81. The molecule has 1 aliphatic heterocycles. The molecule has 1 aromatic carbocycles. The van der Waals surface area contributed by atoms with Gasteiger partial charge in [0.15, 0.2) is 17.3 Å². The fourth-order valence-electron chi connectivity index (χ4n) is 2.17. The van der Waals surface area contributed by atoms with Gasteiger partial charge in [0.2, 0.25) is 0 Å². The van der Waals surface area contributed by atoms with E-state index in [1.54, 1.807) is 0 Å². The predicted octanol–water partition coefficient (Wildman–Crippen LogP) is 2.53. The van der Waals surface area contributed by atoms with E-state index in [9.17, 15) is 0 Å². The summed E-state index contributed by atoms with van der Waals surface area (Å²) in [7, 11) is 0. The first kappa shape index (κ1) is 13.9. The number of fused-ring (bicyclic) bond motifs is 1. The van der Waals surface area contributed by atoms with Crippen molar-refractivity contribution in [3.63, 3.8) is 0 Å². The van der Waals surface area contributed by atoms with E-state index in [0.717, 1.165) is 17.1 Å². The van der Waals surface area contributed by atoms with Crippen LogP contribution in [0.15, 0.2) is 22.7 Å². The van der Waals surface area contributed by atoms with Crippen molar-refractivity contribution in [2.45, 2.75) is 26.4 Å². The Morgan fingerprint density at radius 2 is 2.05 bits per heavy atom. The fraction of sp³-hybridized carbons (Fsp3) is 0.467. The van der Waals surface area contributed by atoms with Crippen molar-refractivity contribution in [3.8, 4) is 11.5 Å². The molecule has 0 N–H and O–H groups in total. The van der Waals surface area contributed by atoms with Crippen molar-refractivity contribution in [1.29, 1.82) is 0 Å². The number of nitrogens with zero attached hydrogens (tertiary/aromatic N) is 2. The van der Waals surface area contributed by atoms with Crippen LogP contribution in [0.25, 0.3) is 0 Å². The van der Waals surface area contributed by atoms with Crippen LogP contribution in [0.5, 0.6) is 11.5 Å². The van der Waals surface area contributed by atoms with Gasteiger partial charge in [-0.1, -0.05) is 18.1 Å². The number of ether oxygens (including phenoxy) is 3. The average Bonchev–Trinajstić information content (AvgIpc) is 3.00. The molecule has 0 aliphatic carbocycles. The molecule has 0 bridgehead atoms. The summed E-state index contributed by atoms with van der Waals surface area (Å²) in [5.41, 5.74) is 1.06. The monoisotopic (exact) mass is 290 g/mol. The Bertz CT molecular complexity index is 611. The highest BCUT2D eigenvalue weighted by molar-refractivity contribution is 5.45. The van der Waals surface area contributed by atoms with E-state index < -0.39 is 0 Å². The molecular formula is C15H18N2O4. The topological polar surface area (TPSA) is 66.6 Å². The molecule has 1 unspecified atom stereocenters. The first-order chi connectivity index (χ1) is 10.3. The number of hydrogen-bond acceptors (Lipinski definition) is 6. The Morgan fingerprint density at radius 1 is 1.24 bits per heavy atom. The summed E-state index contributed by atoms with van der Waals surface area (Å²) in [5, 5.41) is 4.02. The first-order valence-corrected chi connectivity index (χ1v) is 7.07. The van der Waals surface area contributed by atoms with Crippen molar-refractivity contribution in [2.24, 2.45) is 0 Å². The molecule has 2 aromatic rings. The van der Waals surface area contributed by atoms with E-state index in [-0.39, 0.29) is 5.92 Å². The normalized spacial score (nSPS) is 15.0. The van der Waals surface area contributed by atoms with E-state index in [0.29, 0.717) is 38.1 Å². The highest BCUT2D eigenvalue weighted by Gasteiger charge is 2.19. The first-order valence-electron chi connectivity index (χ1n) is 7.07. The number of hydrogen-bond donors (Lipinski definition) is 0. The van der Waals surface area contributed by atoms with E-state index in [4.69, 9.17) is 18.7 Å². The summed E-state index contributed by atoms with van der Waals surface area (Å²) >= 11 is 0. The van der Waals surface area contributed by atoms with Crippen LogP contribution < -0.4 is 9.47 Å². The van der Waals surface area contributed by atoms with Crippen molar-refractivity contribution < 1.29 is 18.7 Å². The summed E-state index contributed by atoms with van der Waals surface area (Å²) in [6.07, 6.45) is 0. The zero-order chi connectivity index (χ0) is 14.7. The molecule has 0 spiro atoms. The van der Waals surface area contributed by atoms with Crippen molar-refractivity contribution in [3.05, 3.63) is 35.5 Å². The molecule has 1 aliphatic rings. The fourth-order valence-corrected chi connectivity index (χ4v) is 2.17. The Morgan fingerprint density at radius 3 is 2.86 bits per heavy atom. The standard InChI is InChI=1S/C15H18N2O4/c1-3-18-9-14-16-15(17-21-14)10(2)11-4-5-12-13(8-11)20-7-6-19-12/h4-5,8,10H,3,6-7,9H2,1-2H3. The Kier molecular flexibility index (Phi) is 4.06. The number of rotatable bonds is 5. The largest absolute Gasteiger partial charge is 0.486 e. The molecule has 0 saturated heterocycles. The molecule has 0 saturated carbocycles. The maximum Gasteiger partial charge on any atom is 0.252 e. The lowest BCUT2D eigenvalue weighted by Crippen LogP contribution is -2.15. The highest BCUT2D eigenvalue weighted by atomic mass is 16.6. The third-order valence-corrected chi connectivity index (χ3v) is 3.37. The van der Waals surface area contributed by atoms with Gasteiger partial charge in [0, 0.05) is 12.5 Å². The van der Waals surface area contributed by atoms with E-state index >= 15 is 0 Å². The van der Waals surface area contributed by atoms with Gasteiger partial charge in [-0.2, -0.15) is 4.98 Å². The van der Waals surface area contributed by atoms with E-state index in [2.05, 4.69) is 10.1 Å². The smallest absolute Gasteiger partial charge is 0.252 e. The molecule has 21 heavy (non-hydrogen) atoms. The van der Waals surface area contributed by atoms with Gasteiger partial charge in [0.05, 0.1) is 0 Å². The summed E-state index contributed by atoms with van der Waals surface area (Å²) in [5.74, 6) is 2.70. The molecule has 6 heteroatoms. The Balaban J connectivity index is 1.78. The lowest BCUT2D eigenvalue weighted by atomic mass is 10.00. The van der Waals surface area contributed by atoms with E-state index in [1.807, 2.05) is 32.0 Å². The van der Waals surface area contributed by atoms with Gasteiger partial charge in [0.25, 0.3) is 5.89 Å². The lowest BCUT2D eigenvalue weighted by molar-refractivity contribution is 0.109. The van der Waals surface area contributed by atoms with Gasteiger partial charge in [-0.25, -0.2) is 0 Å². The Hall–Kier alpha value is -2.08. The molecule has 6 nitrogen and oxygen atoms in total. The van der Waals surface area contributed by atoms with Gasteiger partial charge in [-0.15, -0.1) is 0 Å². The van der Waals surface area contributed by atoms with Gasteiger partial charge < -0.3 is 18.7 Å². The number of aromatic nitrogens is 2. The van der Waals surface area contributed by atoms with Gasteiger partial charge >= 0.3 is 0 Å². The van der Waals surface area contributed by atoms with Crippen LogP contribution in [-0.4, -0.2) is 30.0 Å². The molecule has 0 radical (unpaired) electrons.